The summed E-state index contributed by atoms with van der Waals surface area (Å²) >= 11 is 0. The Morgan fingerprint density at radius 1 is 1.27 bits per heavy atom. The van der Waals surface area contributed by atoms with Crippen LogP contribution in [-0.4, -0.2) is 22.7 Å². The summed E-state index contributed by atoms with van der Waals surface area (Å²) in [5, 5.41) is 8.88. The van der Waals surface area contributed by atoms with Crippen molar-refractivity contribution in [3.63, 3.8) is 0 Å². The Labute approximate surface area is 130 Å². The third-order valence-electron chi connectivity index (χ3n) is 3.23. The van der Waals surface area contributed by atoms with Gasteiger partial charge in [-0.3, -0.25) is 0 Å². The first-order valence-electron chi connectivity index (χ1n) is 7.17. The topological polar surface area (TPSA) is 59.4 Å². The lowest BCUT2D eigenvalue weighted by molar-refractivity contribution is -0.132. The fourth-order valence-corrected chi connectivity index (χ4v) is 2.09. The number of aliphatic carboxylic acids is 1. The van der Waals surface area contributed by atoms with Gasteiger partial charge in [0.2, 0.25) is 5.88 Å². The summed E-state index contributed by atoms with van der Waals surface area (Å²) in [5.74, 6) is -0.239. The number of aromatic nitrogens is 1. The van der Waals surface area contributed by atoms with Gasteiger partial charge < -0.3 is 9.84 Å². The molecule has 1 aromatic heterocycles. The summed E-state index contributed by atoms with van der Waals surface area (Å²) in [6.45, 7) is 4.10. The fraction of sp³-hybridized carbons (Fsp3) is 0.222. The largest absolute Gasteiger partial charge is 0.478 e. The maximum atomic E-state index is 10.8. The van der Waals surface area contributed by atoms with Crippen LogP contribution in [0.1, 0.15) is 30.5 Å². The molecule has 0 fully saturated rings. The maximum Gasteiger partial charge on any atom is 0.331 e. The lowest BCUT2D eigenvalue weighted by Crippen LogP contribution is -1.99. The molecule has 1 N–H and O–H groups in total. The van der Waals surface area contributed by atoms with Crippen molar-refractivity contribution in [3.05, 3.63) is 64.9 Å². The number of carbonyl (C=O) groups is 1. The molecule has 1 aromatic carbocycles. The number of nitrogens with zero attached hydrogens (tertiary/aromatic N) is 1. The minimum atomic E-state index is -0.902. The van der Waals surface area contributed by atoms with E-state index < -0.39 is 5.97 Å². The van der Waals surface area contributed by atoms with Crippen LogP contribution in [0.3, 0.4) is 0 Å². The van der Waals surface area contributed by atoms with E-state index >= 15 is 0 Å². The molecule has 2 rings (SSSR count). The quantitative estimate of drug-likeness (QED) is 0.828. The van der Waals surface area contributed by atoms with Crippen LogP contribution >= 0.6 is 0 Å². The third-order valence-corrected chi connectivity index (χ3v) is 3.23. The third kappa shape index (κ3) is 4.19. The van der Waals surface area contributed by atoms with E-state index in [-0.39, 0.29) is 0 Å². The van der Waals surface area contributed by atoms with Crippen molar-refractivity contribution in [1.82, 2.24) is 4.98 Å². The number of rotatable bonds is 6. The molecule has 0 amide bonds. The molecule has 4 heteroatoms. The number of ether oxygens (including phenoxy) is 1. The van der Waals surface area contributed by atoms with Gasteiger partial charge in [0.1, 0.15) is 0 Å². The Hall–Kier alpha value is -2.62. The van der Waals surface area contributed by atoms with Crippen LogP contribution in [-0.2, 0) is 11.2 Å². The Morgan fingerprint density at radius 3 is 2.64 bits per heavy atom. The molecule has 114 valence electrons. The Kier molecular flexibility index (Phi) is 5.31. The average Bonchev–Trinajstić information content (AvgIpc) is 2.51. The second kappa shape index (κ2) is 7.41. The molecule has 0 spiro atoms. The van der Waals surface area contributed by atoms with Crippen LogP contribution in [0.4, 0.5) is 0 Å². The highest BCUT2D eigenvalue weighted by Gasteiger charge is 2.05. The van der Waals surface area contributed by atoms with E-state index in [0.29, 0.717) is 18.1 Å². The number of carboxylic acid groups (broad SMARTS) is 1. The molecule has 0 atom stereocenters. The van der Waals surface area contributed by atoms with Gasteiger partial charge in [0.15, 0.2) is 0 Å². The van der Waals surface area contributed by atoms with Gasteiger partial charge in [-0.1, -0.05) is 30.3 Å². The van der Waals surface area contributed by atoms with Crippen LogP contribution in [0, 0.1) is 0 Å². The summed E-state index contributed by atoms with van der Waals surface area (Å²) in [5.41, 5.74) is 3.35. The summed E-state index contributed by atoms with van der Waals surface area (Å²) in [7, 11) is 0. The highest BCUT2D eigenvalue weighted by Crippen LogP contribution is 2.19. The van der Waals surface area contributed by atoms with E-state index in [2.05, 4.69) is 4.98 Å². The van der Waals surface area contributed by atoms with Gasteiger partial charge in [-0.15, -0.1) is 0 Å². The molecule has 0 aliphatic carbocycles. The number of carboxylic acids is 1. The minimum absolute atomic E-state index is 0.318. The summed E-state index contributed by atoms with van der Waals surface area (Å²) < 4.78 is 5.53. The summed E-state index contributed by atoms with van der Waals surface area (Å²) in [6, 6.07) is 11.7. The molecule has 0 saturated carbocycles. The first-order valence-corrected chi connectivity index (χ1v) is 7.17. The van der Waals surface area contributed by atoms with Crippen LogP contribution in [0.25, 0.3) is 6.08 Å². The Bertz CT molecular complexity index is 675. The molecule has 2 aromatic rings. The normalized spacial score (nSPS) is 11.3. The van der Waals surface area contributed by atoms with Gasteiger partial charge in [0.25, 0.3) is 0 Å². The van der Waals surface area contributed by atoms with Crippen LogP contribution in [0.15, 0.2) is 48.2 Å². The van der Waals surface area contributed by atoms with E-state index in [0.717, 1.165) is 23.1 Å². The van der Waals surface area contributed by atoms with Gasteiger partial charge >= 0.3 is 5.97 Å². The lowest BCUT2D eigenvalue weighted by atomic mass is 10.0. The number of pyridine rings is 1. The SMILES string of the molecule is CCOc1ncccc1Cc1ccc(C=C(C)C(=O)O)cc1. The van der Waals surface area contributed by atoms with Crippen molar-refractivity contribution in [2.75, 3.05) is 6.61 Å². The molecular formula is C18H19NO3. The number of hydrogen-bond donors (Lipinski definition) is 1. The zero-order valence-electron chi connectivity index (χ0n) is 12.7. The zero-order chi connectivity index (χ0) is 15.9. The standard InChI is InChI=1S/C18H19NO3/c1-3-22-17-16(5-4-10-19-17)12-15-8-6-14(7-9-15)11-13(2)18(20)21/h4-11H,3,12H2,1-2H3,(H,20,21). The second-order valence-corrected chi connectivity index (χ2v) is 4.95. The predicted octanol–water partition coefficient (Wildman–Crippen LogP) is 3.56. The highest BCUT2D eigenvalue weighted by molar-refractivity contribution is 5.91. The Balaban J connectivity index is 2.15. The van der Waals surface area contributed by atoms with Gasteiger partial charge in [0, 0.05) is 23.8 Å². The van der Waals surface area contributed by atoms with E-state index in [1.54, 1.807) is 19.2 Å². The van der Waals surface area contributed by atoms with Gasteiger partial charge in [-0.25, -0.2) is 9.78 Å². The second-order valence-electron chi connectivity index (χ2n) is 4.95. The predicted molar refractivity (Wildman–Crippen MR) is 85.9 cm³/mol. The van der Waals surface area contributed by atoms with Gasteiger partial charge in [-0.05, 0) is 37.1 Å². The monoisotopic (exact) mass is 297 g/mol. The van der Waals surface area contributed by atoms with E-state index in [4.69, 9.17) is 9.84 Å². The van der Waals surface area contributed by atoms with Crippen molar-refractivity contribution >= 4 is 12.0 Å². The first-order chi connectivity index (χ1) is 10.6. The smallest absolute Gasteiger partial charge is 0.331 e. The zero-order valence-corrected chi connectivity index (χ0v) is 12.7. The van der Waals surface area contributed by atoms with Gasteiger partial charge in [-0.2, -0.15) is 0 Å². The van der Waals surface area contributed by atoms with E-state index in [1.807, 2.05) is 43.3 Å². The summed E-state index contributed by atoms with van der Waals surface area (Å²) in [4.78, 5) is 15.1. The molecule has 22 heavy (non-hydrogen) atoms. The average molecular weight is 297 g/mol. The Morgan fingerprint density at radius 2 is 2.00 bits per heavy atom. The van der Waals surface area contributed by atoms with Crippen LogP contribution in [0.2, 0.25) is 0 Å². The molecule has 0 bridgehead atoms. The number of benzene rings is 1. The molecular weight excluding hydrogens is 278 g/mol. The molecule has 0 saturated heterocycles. The molecule has 0 aliphatic rings. The number of hydrogen-bond acceptors (Lipinski definition) is 3. The van der Waals surface area contributed by atoms with Crippen molar-refractivity contribution < 1.29 is 14.6 Å². The molecule has 0 aliphatic heterocycles. The van der Waals surface area contributed by atoms with Crippen molar-refractivity contribution in [3.8, 4) is 5.88 Å². The van der Waals surface area contributed by atoms with Crippen molar-refractivity contribution in [2.45, 2.75) is 20.3 Å². The van der Waals surface area contributed by atoms with E-state index in [9.17, 15) is 4.79 Å². The van der Waals surface area contributed by atoms with Gasteiger partial charge in [0.05, 0.1) is 6.61 Å². The van der Waals surface area contributed by atoms with Crippen LogP contribution in [0.5, 0.6) is 5.88 Å². The fourth-order valence-electron chi connectivity index (χ4n) is 2.09. The molecule has 1 heterocycles. The first kappa shape index (κ1) is 15.8. The van der Waals surface area contributed by atoms with E-state index in [1.165, 1.54) is 0 Å². The lowest BCUT2D eigenvalue weighted by Gasteiger charge is -2.08. The maximum absolute atomic E-state index is 10.8. The van der Waals surface area contributed by atoms with Crippen molar-refractivity contribution in [1.29, 1.82) is 0 Å². The summed E-state index contributed by atoms with van der Waals surface area (Å²) in [6.07, 6.45) is 4.10. The van der Waals surface area contributed by atoms with Crippen LogP contribution < -0.4 is 4.74 Å². The molecule has 4 nitrogen and oxygen atoms in total. The minimum Gasteiger partial charge on any atom is -0.478 e. The molecule has 0 unspecified atom stereocenters. The highest BCUT2D eigenvalue weighted by atomic mass is 16.5. The molecule has 0 radical (unpaired) electrons. The van der Waals surface area contributed by atoms with Crippen molar-refractivity contribution in [2.24, 2.45) is 0 Å².